The van der Waals surface area contributed by atoms with Crippen molar-refractivity contribution in [3.8, 4) is 5.75 Å². The lowest BCUT2D eigenvalue weighted by molar-refractivity contribution is -0.385. The number of hydrogen-bond donors (Lipinski definition) is 1. The second-order valence-electron chi connectivity index (χ2n) is 5.67. The summed E-state index contributed by atoms with van der Waals surface area (Å²) in [6.07, 6.45) is 0. The highest BCUT2D eigenvalue weighted by Crippen LogP contribution is 2.18. The van der Waals surface area contributed by atoms with Gasteiger partial charge in [0.1, 0.15) is 5.75 Å². The van der Waals surface area contributed by atoms with E-state index in [1.54, 1.807) is 44.4 Å². The summed E-state index contributed by atoms with van der Waals surface area (Å²) in [4.78, 5) is 16.6. The van der Waals surface area contributed by atoms with E-state index in [0.29, 0.717) is 18.1 Å². The number of guanidine groups is 1. The van der Waals surface area contributed by atoms with E-state index in [9.17, 15) is 18.9 Å². The third-order valence-corrected chi connectivity index (χ3v) is 3.77. The van der Waals surface area contributed by atoms with Gasteiger partial charge in [-0.1, -0.05) is 30.3 Å². The maximum absolute atomic E-state index is 12.2. The van der Waals surface area contributed by atoms with E-state index in [4.69, 9.17) is 0 Å². The first kappa shape index (κ1) is 20.1. The van der Waals surface area contributed by atoms with Gasteiger partial charge in [0.05, 0.1) is 4.92 Å². The van der Waals surface area contributed by atoms with Crippen LogP contribution in [0.25, 0.3) is 0 Å². The number of ether oxygens (including phenoxy) is 1. The zero-order valence-electron chi connectivity index (χ0n) is 14.9. The highest BCUT2D eigenvalue weighted by Gasteiger charge is 2.14. The molecular weight excluding hydrogens is 358 g/mol. The molecule has 0 saturated heterocycles. The molecule has 7 nitrogen and oxygen atoms in total. The molecular formula is C18H20F2N4O3. The van der Waals surface area contributed by atoms with Crippen LogP contribution in [0.2, 0.25) is 0 Å². The Labute approximate surface area is 155 Å². The number of nitro benzene ring substituents is 1. The minimum Gasteiger partial charge on any atom is -0.435 e. The van der Waals surface area contributed by atoms with Crippen molar-refractivity contribution in [2.75, 3.05) is 14.1 Å². The first-order valence-electron chi connectivity index (χ1n) is 8.08. The summed E-state index contributed by atoms with van der Waals surface area (Å²) >= 11 is 0. The highest BCUT2D eigenvalue weighted by molar-refractivity contribution is 5.79. The summed E-state index contributed by atoms with van der Waals surface area (Å²) in [5, 5.41) is 14.2. The number of aliphatic imine (C=N–C) groups is 1. The largest absolute Gasteiger partial charge is 0.435 e. The van der Waals surface area contributed by atoms with Crippen LogP contribution in [0.3, 0.4) is 0 Å². The minimum atomic E-state index is -2.86. The van der Waals surface area contributed by atoms with Crippen molar-refractivity contribution in [1.29, 1.82) is 0 Å². The Morgan fingerprint density at radius 1 is 1.26 bits per heavy atom. The van der Waals surface area contributed by atoms with Crippen molar-refractivity contribution in [2.24, 2.45) is 4.99 Å². The Bertz CT molecular complexity index is 797. The van der Waals surface area contributed by atoms with Crippen LogP contribution in [0.15, 0.2) is 53.5 Å². The van der Waals surface area contributed by atoms with Gasteiger partial charge < -0.3 is 15.0 Å². The molecule has 0 amide bonds. The molecule has 9 heteroatoms. The normalized spacial score (nSPS) is 11.4. The van der Waals surface area contributed by atoms with Crippen molar-refractivity contribution in [1.82, 2.24) is 10.2 Å². The molecule has 2 rings (SSSR count). The zero-order valence-corrected chi connectivity index (χ0v) is 14.9. The minimum absolute atomic E-state index is 0.0396. The highest BCUT2D eigenvalue weighted by atomic mass is 19.3. The van der Waals surface area contributed by atoms with Crippen molar-refractivity contribution in [3.63, 3.8) is 0 Å². The van der Waals surface area contributed by atoms with E-state index < -0.39 is 11.5 Å². The Balaban J connectivity index is 1.98. The molecule has 0 saturated carbocycles. The lowest BCUT2D eigenvalue weighted by Gasteiger charge is -2.22. The number of nitro groups is 1. The Morgan fingerprint density at radius 2 is 1.93 bits per heavy atom. The fourth-order valence-electron chi connectivity index (χ4n) is 2.52. The standard InChI is InChI=1S/C18H20F2N4O3/c1-21-18(22-11-14-5-3-4-6-16(14)24(25)26)23(2)12-13-7-9-15(10-8-13)27-17(19)20/h3-10,17H,11-12H2,1-2H3,(H,21,22). The second kappa shape index (κ2) is 9.46. The van der Waals surface area contributed by atoms with Gasteiger partial charge in [-0.05, 0) is 17.7 Å². The predicted octanol–water partition coefficient (Wildman–Crippen LogP) is 3.40. The van der Waals surface area contributed by atoms with Crippen LogP contribution < -0.4 is 10.1 Å². The van der Waals surface area contributed by atoms with Gasteiger partial charge in [0.25, 0.3) is 5.69 Å². The number of nitrogens with one attached hydrogen (secondary N) is 1. The average Bonchev–Trinajstić information content (AvgIpc) is 2.63. The maximum Gasteiger partial charge on any atom is 0.387 e. The van der Waals surface area contributed by atoms with E-state index in [0.717, 1.165) is 5.56 Å². The van der Waals surface area contributed by atoms with Crippen molar-refractivity contribution >= 4 is 11.6 Å². The molecule has 1 N–H and O–H groups in total. The summed E-state index contributed by atoms with van der Waals surface area (Å²) in [6.45, 7) is -2.15. The van der Waals surface area contributed by atoms with Crippen molar-refractivity contribution in [3.05, 3.63) is 69.8 Å². The second-order valence-corrected chi connectivity index (χ2v) is 5.67. The van der Waals surface area contributed by atoms with E-state index in [2.05, 4.69) is 15.0 Å². The molecule has 0 aliphatic rings. The van der Waals surface area contributed by atoms with Gasteiger partial charge in [-0.2, -0.15) is 8.78 Å². The quantitative estimate of drug-likeness (QED) is 0.346. The topological polar surface area (TPSA) is 80.0 Å². The Hall–Kier alpha value is -3.23. The molecule has 0 bridgehead atoms. The molecule has 0 aromatic heterocycles. The van der Waals surface area contributed by atoms with E-state index in [1.165, 1.54) is 18.2 Å². The Kier molecular flexibility index (Phi) is 7.04. The first-order valence-corrected chi connectivity index (χ1v) is 8.08. The zero-order chi connectivity index (χ0) is 19.8. The SMILES string of the molecule is CN=C(NCc1ccccc1[N+](=O)[O-])N(C)Cc1ccc(OC(F)F)cc1. The first-order chi connectivity index (χ1) is 12.9. The van der Waals surface area contributed by atoms with Crippen LogP contribution in [-0.4, -0.2) is 36.5 Å². The summed E-state index contributed by atoms with van der Waals surface area (Å²) in [5.41, 5.74) is 1.45. The Morgan fingerprint density at radius 3 is 2.52 bits per heavy atom. The molecule has 0 aliphatic carbocycles. The molecule has 2 aromatic carbocycles. The van der Waals surface area contributed by atoms with Gasteiger partial charge >= 0.3 is 6.61 Å². The lowest BCUT2D eigenvalue weighted by atomic mass is 10.2. The molecule has 0 fully saturated rings. The van der Waals surface area contributed by atoms with Crippen LogP contribution in [0.1, 0.15) is 11.1 Å². The van der Waals surface area contributed by atoms with Crippen LogP contribution in [0.5, 0.6) is 5.75 Å². The lowest BCUT2D eigenvalue weighted by Crippen LogP contribution is -2.38. The molecule has 144 valence electrons. The smallest absolute Gasteiger partial charge is 0.387 e. The number of alkyl halides is 2. The number of halogens is 2. The van der Waals surface area contributed by atoms with Gasteiger partial charge in [-0.15, -0.1) is 0 Å². The molecule has 27 heavy (non-hydrogen) atoms. The van der Waals surface area contributed by atoms with Gasteiger partial charge in [0, 0.05) is 38.8 Å². The van der Waals surface area contributed by atoms with Crippen LogP contribution in [0.4, 0.5) is 14.5 Å². The molecule has 0 spiro atoms. The van der Waals surface area contributed by atoms with Crippen molar-refractivity contribution in [2.45, 2.75) is 19.7 Å². The average molecular weight is 378 g/mol. The summed E-state index contributed by atoms with van der Waals surface area (Å²) in [6, 6.07) is 12.8. The number of rotatable bonds is 7. The fourth-order valence-corrected chi connectivity index (χ4v) is 2.52. The van der Waals surface area contributed by atoms with Gasteiger partial charge in [-0.25, -0.2) is 0 Å². The van der Waals surface area contributed by atoms with Gasteiger partial charge in [0.15, 0.2) is 5.96 Å². The van der Waals surface area contributed by atoms with Gasteiger partial charge in [0.2, 0.25) is 0 Å². The summed E-state index contributed by atoms with van der Waals surface area (Å²) < 4.78 is 28.7. The predicted molar refractivity (Wildman–Crippen MR) is 97.8 cm³/mol. The third kappa shape index (κ3) is 5.91. The molecule has 0 atom stereocenters. The van der Waals surface area contributed by atoms with Crippen molar-refractivity contribution < 1.29 is 18.4 Å². The number of benzene rings is 2. The van der Waals surface area contributed by atoms with Crippen LogP contribution >= 0.6 is 0 Å². The number of para-hydroxylation sites is 1. The molecule has 0 heterocycles. The fraction of sp³-hybridized carbons (Fsp3) is 0.278. The molecule has 0 aliphatic heterocycles. The summed E-state index contributed by atoms with van der Waals surface area (Å²) in [5.74, 6) is 0.636. The summed E-state index contributed by atoms with van der Waals surface area (Å²) in [7, 11) is 3.41. The molecule has 0 unspecified atom stereocenters. The maximum atomic E-state index is 12.2. The van der Waals surface area contributed by atoms with Gasteiger partial charge in [-0.3, -0.25) is 15.1 Å². The number of nitrogens with zero attached hydrogens (tertiary/aromatic N) is 3. The number of hydrogen-bond acceptors (Lipinski definition) is 4. The van der Waals surface area contributed by atoms with E-state index in [1.807, 2.05) is 4.90 Å². The van der Waals surface area contributed by atoms with Crippen LogP contribution in [0, 0.1) is 10.1 Å². The van der Waals surface area contributed by atoms with E-state index >= 15 is 0 Å². The monoisotopic (exact) mass is 378 g/mol. The van der Waals surface area contributed by atoms with E-state index in [-0.39, 0.29) is 18.0 Å². The third-order valence-electron chi connectivity index (χ3n) is 3.77. The molecule has 2 aromatic rings. The van der Waals surface area contributed by atoms with Crippen LogP contribution in [-0.2, 0) is 13.1 Å². The molecule has 0 radical (unpaired) electrons.